The third kappa shape index (κ3) is 4.80. The largest absolute Gasteiger partial charge is 0.321 e. The van der Waals surface area contributed by atoms with Gasteiger partial charge in [0.2, 0.25) is 0 Å². The zero-order valence-corrected chi connectivity index (χ0v) is 19.2. The normalized spacial score (nSPS) is 12.2. The van der Waals surface area contributed by atoms with Crippen molar-refractivity contribution in [3.8, 4) is 11.8 Å². The van der Waals surface area contributed by atoms with Gasteiger partial charge in [-0.2, -0.15) is 5.26 Å². The Morgan fingerprint density at radius 2 is 1.79 bits per heavy atom. The molecule has 1 aromatic heterocycles. The van der Waals surface area contributed by atoms with Gasteiger partial charge in [-0.05, 0) is 54.5 Å². The number of benzene rings is 3. The number of aryl methyl sites for hydroxylation is 1. The summed E-state index contributed by atoms with van der Waals surface area (Å²) in [5.74, 6) is -0.585. The number of nitrogens with one attached hydrogen (secondary N) is 1. The monoisotopic (exact) mass is 471 g/mol. The van der Waals surface area contributed by atoms with Gasteiger partial charge < -0.3 is 5.32 Å². The molecule has 3 aromatic carbocycles. The molecule has 1 amide bonds. The topological polar surface area (TPSA) is 74.9 Å². The molecule has 33 heavy (non-hydrogen) atoms. The Morgan fingerprint density at radius 3 is 2.48 bits per heavy atom. The summed E-state index contributed by atoms with van der Waals surface area (Å²) in [6.45, 7) is 1.91. The van der Waals surface area contributed by atoms with Crippen molar-refractivity contribution < 1.29 is 4.79 Å². The van der Waals surface area contributed by atoms with E-state index in [9.17, 15) is 14.9 Å². The van der Waals surface area contributed by atoms with E-state index in [1.165, 1.54) is 4.57 Å². The fourth-order valence-electron chi connectivity index (χ4n) is 3.31. The summed E-state index contributed by atoms with van der Waals surface area (Å²) < 4.78 is 2.00. The molecule has 0 spiro atoms. The predicted octanol–water partition coefficient (Wildman–Crippen LogP) is 4.00. The molecule has 0 saturated carbocycles. The zero-order valence-electron chi connectivity index (χ0n) is 17.6. The van der Waals surface area contributed by atoms with Crippen LogP contribution >= 0.6 is 22.9 Å². The molecule has 0 radical (unpaired) electrons. The number of hydrogen-bond acceptors (Lipinski definition) is 4. The molecule has 0 saturated heterocycles. The lowest BCUT2D eigenvalue weighted by molar-refractivity contribution is -0.111. The number of anilines is 1. The maximum Gasteiger partial charge on any atom is 0.273 e. The number of para-hydroxylation sites is 1. The van der Waals surface area contributed by atoms with Crippen LogP contribution in [0.5, 0.6) is 0 Å². The van der Waals surface area contributed by atoms with Crippen LogP contribution in [-0.2, 0) is 4.79 Å². The third-order valence-electron chi connectivity index (χ3n) is 4.86. The van der Waals surface area contributed by atoms with E-state index in [4.69, 9.17) is 11.6 Å². The molecule has 0 unspecified atom stereocenters. The van der Waals surface area contributed by atoms with Crippen LogP contribution in [0.3, 0.4) is 0 Å². The number of nitriles is 1. The van der Waals surface area contributed by atoms with Crippen molar-refractivity contribution in [1.82, 2.24) is 4.57 Å². The molecule has 4 aromatic rings. The van der Waals surface area contributed by atoms with Gasteiger partial charge >= 0.3 is 0 Å². The number of carbonyl (C=O) groups is 1. The minimum Gasteiger partial charge on any atom is -0.321 e. The molecule has 162 valence electrons. The smallest absolute Gasteiger partial charge is 0.273 e. The number of rotatable bonds is 4. The van der Waals surface area contributed by atoms with E-state index in [0.29, 0.717) is 26.5 Å². The molecule has 0 aliphatic rings. The van der Waals surface area contributed by atoms with Gasteiger partial charge in [0.25, 0.3) is 11.5 Å². The summed E-state index contributed by atoms with van der Waals surface area (Å²) in [4.78, 5) is 26.5. The second-order valence-corrected chi connectivity index (χ2v) is 8.66. The maximum absolute atomic E-state index is 13.4. The number of thiazole rings is 1. The average Bonchev–Trinajstić information content (AvgIpc) is 3.12. The second kappa shape index (κ2) is 9.70. The number of carbonyl (C=O) groups excluding carboxylic acids is 1. The Labute approximate surface area is 199 Å². The highest BCUT2D eigenvalue weighted by molar-refractivity contribution is 7.07. The Balaban J connectivity index is 1.97. The Bertz CT molecular complexity index is 1560. The molecule has 1 N–H and O–H groups in total. The zero-order chi connectivity index (χ0) is 23.4. The quantitative estimate of drug-likeness (QED) is 0.488. The first kappa shape index (κ1) is 22.3. The highest BCUT2D eigenvalue weighted by atomic mass is 35.5. The highest BCUT2D eigenvalue weighted by Crippen LogP contribution is 2.15. The Hall–Kier alpha value is -3.92. The summed E-state index contributed by atoms with van der Waals surface area (Å²) in [7, 11) is 0. The fraction of sp³-hybridized carbons (Fsp3) is 0.0385. The van der Waals surface area contributed by atoms with Gasteiger partial charge in [0.15, 0.2) is 5.57 Å². The first-order valence-electron chi connectivity index (χ1n) is 10.0. The minimum absolute atomic E-state index is 0.152. The number of aromatic nitrogens is 1. The molecule has 4 rings (SSSR count). The molecule has 0 atom stereocenters. The summed E-state index contributed by atoms with van der Waals surface area (Å²) in [6, 6.07) is 25.4. The number of halogens is 1. The van der Waals surface area contributed by atoms with Crippen LogP contribution in [0.15, 0.2) is 83.7 Å². The maximum atomic E-state index is 13.4. The molecule has 1 heterocycles. The standard InChI is InChI=1S/C26H18ClN3O2S/c1-17-8-7-10-19(14-17)29-24(31)21(16-28)26-30(20-11-3-2-4-12-20)25(32)23(33-26)15-18-9-5-6-13-22(18)27/h2-15H,1H3,(H,29,31)/b23-15+,26-21+. The van der Waals surface area contributed by atoms with Crippen molar-refractivity contribution in [2.75, 3.05) is 5.32 Å². The van der Waals surface area contributed by atoms with Crippen molar-refractivity contribution in [3.63, 3.8) is 0 Å². The Kier molecular flexibility index (Phi) is 6.55. The van der Waals surface area contributed by atoms with Gasteiger partial charge in [-0.25, -0.2) is 0 Å². The van der Waals surface area contributed by atoms with Gasteiger partial charge in [0, 0.05) is 10.7 Å². The van der Waals surface area contributed by atoms with Crippen LogP contribution in [-0.4, -0.2) is 10.5 Å². The van der Waals surface area contributed by atoms with Crippen LogP contribution in [0.25, 0.3) is 17.3 Å². The van der Waals surface area contributed by atoms with Crippen LogP contribution in [0, 0.1) is 18.3 Å². The number of amides is 1. The van der Waals surface area contributed by atoms with Gasteiger partial charge in [0.1, 0.15) is 10.7 Å². The van der Waals surface area contributed by atoms with Gasteiger partial charge in [-0.15, -0.1) is 11.3 Å². The van der Waals surface area contributed by atoms with E-state index in [-0.39, 0.29) is 15.8 Å². The van der Waals surface area contributed by atoms with E-state index in [2.05, 4.69) is 5.32 Å². The number of hydrogen-bond donors (Lipinski definition) is 1. The van der Waals surface area contributed by atoms with Crippen molar-refractivity contribution in [2.45, 2.75) is 6.92 Å². The van der Waals surface area contributed by atoms with Gasteiger partial charge in [0.05, 0.1) is 10.2 Å². The first-order valence-corrected chi connectivity index (χ1v) is 11.2. The molecular formula is C26H18ClN3O2S. The van der Waals surface area contributed by atoms with E-state index >= 15 is 0 Å². The van der Waals surface area contributed by atoms with Crippen molar-refractivity contribution in [1.29, 1.82) is 5.26 Å². The molecule has 0 fully saturated rings. The van der Waals surface area contributed by atoms with E-state index < -0.39 is 5.91 Å². The molecule has 0 aliphatic heterocycles. The molecule has 7 heteroatoms. The minimum atomic E-state index is -0.585. The summed E-state index contributed by atoms with van der Waals surface area (Å²) in [5.41, 5.74) is 2.29. The van der Waals surface area contributed by atoms with E-state index in [1.807, 2.05) is 43.3 Å². The second-order valence-electron chi connectivity index (χ2n) is 7.22. The first-order chi connectivity index (χ1) is 16.0. The third-order valence-corrected chi connectivity index (χ3v) is 6.30. The SMILES string of the molecule is Cc1cccc(NC(=O)/C(C#N)=c2/s/c(=C/c3ccccc3Cl)c(=O)n2-c2ccccc2)c1. The molecule has 0 bridgehead atoms. The van der Waals surface area contributed by atoms with E-state index in [0.717, 1.165) is 16.9 Å². The Morgan fingerprint density at radius 1 is 1.06 bits per heavy atom. The lowest BCUT2D eigenvalue weighted by atomic mass is 10.2. The van der Waals surface area contributed by atoms with Crippen molar-refractivity contribution in [2.24, 2.45) is 0 Å². The van der Waals surface area contributed by atoms with Crippen LogP contribution in [0.4, 0.5) is 5.69 Å². The van der Waals surface area contributed by atoms with Crippen LogP contribution < -0.4 is 20.1 Å². The molecular weight excluding hydrogens is 454 g/mol. The van der Waals surface area contributed by atoms with Crippen LogP contribution in [0.1, 0.15) is 11.1 Å². The van der Waals surface area contributed by atoms with E-state index in [1.54, 1.807) is 54.6 Å². The summed E-state index contributed by atoms with van der Waals surface area (Å²) in [5, 5.41) is 13.2. The van der Waals surface area contributed by atoms with Crippen molar-refractivity contribution in [3.05, 3.63) is 115 Å². The lowest BCUT2D eigenvalue weighted by Gasteiger charge is -2.06. The number of nitrogens with zero attached hydrogens (tertiary/aromatic N) is 2. The molecule has 5 nitrogen and oxygen atoms in total. The highest BCUT2D eigenvalue weighted by Gasteiger charge is 2.17. The fourth-order valence-corrected chi connectivity index (χ4v) is 4.59. The van der Waals surface area contributed by atoms with Crippen molar-refractivity contribution >= 4 is 46.2 Å². The lowest BCUT2D eigenvalue weighted by Crippen LogP contribution is -2.32. The molecule has 0 aliphatic carbocycles. The van der Waals surface area contributed by atoms with Gasteiger partial charge in [-0.1, -0.05) is 60.1 Å². The van der Waals surface area contributed by atoms with Crippen LogP contribution in [0.2, 0.25) is 5.02 Å². The predicted molar refractivity (Wildman–Crippen MR) is 133 cm³/mol. The summed E-state index contributed by atoms with van der Waals surface area (Å²) in [6.07, 6.45) is 1.67. The van der Waals surface area contributed by atoms with Gasteiger partial charge in [-0.3, -0.25) is 14.2 Å². The summed E-state index contributed by atoms with van der Waals surface area (Å²) >= 11 is 7.35. The average molecular weight is 472 g/mol.